The lowest BCUT2D eigenvalue weighted by Gasteiger charge is -2.13. The Balaban J connectivity index is 2.19. The van der Waals surface area contributed by atoms with Crippen LogP contribution in [0.5, 0.6) is 0 Å². The summed E-state index contributed by atoms with van der Waals surface area (Å²) < 4.78 is 16.8. The molecule has 0 aliphatic carbocycles. The Labute approximate surface area is 175 Å². The molecule has 0 aliphatic rings. The zero-order valence-electron chi connectivity index (χ0n) is 17.1. The van der Waals surface area contributed by atoms with Crippen LogP contribution in [0.2, 0.25) is 0 Å². The lowest BCUT2D eigenvalue weighted by Crippen LogP contribution is -2.55. The molecule has 1 aromatic carbocycles. The molecule has 2 rings (SSSR count). The summed E-state index contributed by atoms with van der Waals surface area (Å²) in [4.78, 5) is 61.0. The smallest absolute Gasteiger partial charge is 0.338 e. The van der Waals surface area contributed by atoms with Crippen molar-refractivity contribution in [2.75, 3.05) is 34.0 Å². The first-order valence-electron chi connectivity index (χ1n) is 9.25. The molecule has 2 aromatic rings. The molecule has 0 bridgehead atoms. The van der Waals surface area contributed by atoms with Gasteiger partial charge in [-0.15, -0.1) is 0 Å². The summed E-state index contributed by atoms with van der Waals surface area (Å²) in [6, 6.07) is 5.54. The zero-order chi connectivity index (χ0) is 23.0. The molecule has 0 radical (unpaired) electrons. The van der Waals surface area contributed by atoms with Crippen LogP contribution in [0.15, 0.2) is 38.6 Å². The number of hydrogen-bond acceptors (Lipinski definition) is 9. The molecule has 168 valence electrons. The number of aromatic nitrogens is 3. The highest BCUT2D eigenvalue weighted by atomic mass is 16.5. The van der Waals surface area contributed by atoms with Gasteiger partial charge in [0.05, 0.1) is 51.1 Å². The first kappa shape index (κ1) is 23.8. The number of methoxy groups -OCH3 is 2. The molecule has 12 heteroatoms. The number of carbonyl (C=O) groups excluding carboxylic acids is 2. The molecule has 0 spiro atoms. The van der Waals surface area contributed by atoms with Crippen molar-refractivity contribution in [3.05, 3.63) is 66.8 Å². The van der Waals surface area contributed by atoms with E-state index in [-0.39, 0.29) is 44.0 Å². The molecule has 0 aliphatic heterocycles. The van der Waals surface area contributed by atoms with Crippen LogP contribution in [0.1, 0.15) is 20.7 Å². The molecule has 12 nitrogen and oxygen atoms in total. The quantitative estimate of drug-likeness (QED) is 0.436. The highest BCUT2D eigenvalue weighted by Crippen LogP contribution is 2.07. The SMILES string of the molecule is COCCn1c(=O)n(CCO)c(=O)n(CCOC(=O)c2ccc(C(=O)OC)cc2)c1=O. The van der Waals surface area contributed by atoms with Gasteiger partial charge in [-0.1, -0.05) is 0 Å². The van der Waals surface area contributed by atoms with E-state index in [2.05, 4.69) is 4.74 Å². The van der Waals surface area contributed by atoms with Crippen LogP contribution in [0.3, 0.4) is 0 Å². The molecule has 1 N–H and O–H groups in total. The maximum atomic E-state index is 12.6. The number of esters is 2. The van der Waals surface area contributed by atoms with E-state index in [0.717, 1.165) is 13.7 Å². The third kappa shape index (κ3) is 5.55. The van der Waals surface area contributed by atoms with Gasteiger partial charge in [0.1, 0.15) is 6.61 Å². The Morgan fingerprint density at radius 3 is 1.68 bits per heavy atom. The molecule has 31 heavy (non-hydrogen) atoms. The van der Waals surface area contributed by atoms with Crippen LogP contribution in [0.4, 0.5) is 0 Å². The minimum Gasteiger partial charge on any atom is -0.465 e. The molecule has 0 unspecified atom stereocenters. The lowest BCUT2D eigenvalue weighted by molar-refractivity contribution is 0.0485. The van der Waals surface area contributed by atoms with Gasteiger partial charge in [-0.05, 0) is 24.3 Å². The summed E-state index contributed by atoms with van der Waals surface area (Å²) in [6.07, 6.45) is 0. The van der Waals surface area contributed by atoms with Gasteiger partial charge < -0.3 is 19.3 Å². The number of rotatable bonds is 10. The molecule has 0 atom stereocenters. The third-order valence-electron chi connectivity index (χ3n) is 4.32. The number of benzene rings is 1. The summed E-state index contributed by atoms with van der Waals surface area (Å²) in [6.45, 7) is -1.43. The molecule has 0 saturated carbocycles. The number of aliphatic hydroxyl groups excluding tert-OH is 1. The van der Waals surface area contributed by atoms with E-state index < -0.39 is 35.6 Å². The van der Waals surface area contributed by atoms with Gasteiger partial charge in [-0.3, -0.25) is 0 Å². The molecular weight excluding hydrogens is 414 g/mol. The van der Waals surface area contributed by atoms with Gasteiger partial charge in [-0.2, -0.15) is 0 Å². The van der Waals surface area contributed by atoms with Gasteiger partial charge in [-0.25, -0.2) is 37.7 Å². The zero-order valence-corrected chi connectivity index (χ0v) is 17.1. The fourth-order valence-electron chi connectivity index (χ4n) is 2.71. The summed E-state index contributed by atoms with van der Waals surface area (Å²) in [5, 5.41) is 9.12. The molecule has 1 heterocycles. The fourth-order valence-corrected chi connectivity index (χ4v) is 2.71. The van der Waals surface area contributed by atoms with E-state index in [1.165, 1.54) is 38.5 Å². The second-order valence-corrected chi connectivity index (χ2v) is 6.22. The topological polar surface area (TPSA) is 148 Å². The van der Waals surface area contributed by atoms with Crippen LogP contribution in [-0.4, -0.2) is 64.8 Å². The summed E-state index contributed by atoms with van der Waals surface area (Å²) >= 11 is 0. The van der Waals surface area contributed by atoms with Crippen LogP contribution in [0.25, 0.3) is 0 Å². The average Bonchev–Trinajstić information content (AvgIpc) is 2.78. The highest BCUT2D eigenvalue weighted by Gasteiger charge is 2.16. The minimum atomic E-state index is -0.920. The normalized spacial score (nSPS) is 10.7. The van der Waals surface area contributed by atoms with Crippen LogP contribution in [0, 0.1) is 0 Å². The first-order chi connectivity index (χ1) is 14.8. The third-order valence-corrected chi connectivity index (χ3v) is 4.32. The molecule has 0 amide bonds. The first-order valence-corrected chi connectivity index (χ1v) is 9.25. The fraction of sp³-hybridized carbons (Fsp3) is 0.421. The predicted molar refractivity (Wildman–Crippen MR) is 106 cm³/mol. The van der Waals surface area contributed by atoms with E-state index >= 15 is 0 Å². The van der Waals surface area contributed by atoms with Crippen molar-refractivity contribution >= 4 is 11.9 Å². The largest absolute Gasteiger partial charge is 0.465 e. The Hall–Kier alpha value is -3.51. The number of ether oxygens (including phenoxy) is 3. The minimum absolute atomic E-state index is 0.0586. The predicted octanol–water partition coefficient (Wildman–Crippen LogP) is -1.55. The summed E-state index contributed by atoms with van der Waals surface area (Å²) in [5.41, 5.74) is -2.24. The molecule has 0 saturated heterocycles. The van der Waals surface area contributed by atoms with Gasteiger partial charge >= 0.3 is 29.0 Å². The van der Waals surface area contributed by atoms with Gasteiger partial charge in [0.25, 0.3) is 0 Å². The summed E-state index contributed by atoms with van der Waals surface area (Å²) in [7, 11) is 2.63. The van der Waals surface area contributed by atoms with Crippen molar-refractivity contribution in [3.8, 4) is 0 Å². The number of hydrogen-bond donors (Lipinski definition) is 1. The summed E-state index contributed by atoms with van der Waals surface area (Å²) in [5.74, 6) is -1.28. The Kier molecular flexibility index (Phi) is 8.46. The maximum Gasteiger partial charge on any atom is 0.338 e. The molecule has 1 aromatic heterocycles. The highest BCUT2D eigenvalue weighted by molar-refractivity contribution is 5.93. The van der Waals surface area contributed by atoms with Crippen LogP contribution in [-0.2, 0) is 33.8 Å². The monoisotopic (exact) mass is 437 g/mol. The van der Waals surface area contributed by atoms with Crippen molar-refractivity contribution in [2.24, 2.45) is 0 Å². The van der Waals surface area contributed by atoms with Crippen molar-refractivity contribution in [1.29, 1.82) is 0 Å². The van der Waals surface area contributed by atoms with Gasteiger partial charge in [0.15, 0.2) is 0 Å². The number of aliphatic hydroxyl groups is 1. The van der Waals surface area contributed by atoms with Crippen LogP contribution >= 0.6 is 0 Å². The second-order valence-electron chi connectivity index (χ2n) is 6.22. The Morgan fingerprint density at radius 1 is 0.774 bits per heavy atom. The van der Waals surface area contributed by atoms with Crippen molar-refractivity contribution in [3.63, 3.8) is 0 Å². The van der Waals surface area contributed by atoms with E-state index in [9.17, 15) is 24.0 Å². The Bertz CT molecular complexity index is 1100. The van der Waals surface area contributed by atoms with Crippen molar-refractivity contribution in [1.82, 2.24) is 13.7 Å². The Morgan fingerprint density at radius 2 is 1.23 bits per heavy atom. The van der Waals surface area contributed by atoms with E-state index in [1.807, 2.05) is 0 Å². The standard InChI is InChI=1S/C19H23N3O9/c1-29-11-8-21-17(26)20(7-10-23)18(27)22(19(21)28)9-12-31-16(25)14-5-3-13(4-6-14)15(24)30-2/h3-6,23H,7-12H2,1-2H3. The molecule has 0 fully saturated rings. The van der Waals surface area contributed by atoms with Crippen molar-refractivity contribution in [2.45, 2.75) is 19.6 Å². The molecular formula is C19H23N3O9. The van der Waals surface area contributed by atoms with Crippen LogP contribution < -0.4 is 17.1 Å². The van der Waals surface area contributed by atoms with E-state index in [0.29, 0.717) is 0 Å². The second kappa shape index (κ2) is 11.0. The number of nitrogens with zero attached hydrogens (tertiary/aromatic N) is 3. The average molecular weight is 437 g/mol. The van der Waals surface area contributed by atoms with Gasteiger partial charge in [0, 0.05) is 7.11 Å². The van der Waals surface area contributed by atoms with E-state index in [4.69, 9.17) is 14.6 Å². The van der Waals surface area contributed by atoms with Gasteiger partial charge in [0.2, 0.25) is 0 Å². The maximum absolute atomic E-state index is 12.6. The van der Waals surface area contributed by atoms with E-state index in [1.54, 1.807) is 0 Å². The lowest BCUT2D eigenvalue weighted by atomic mass is 10.1. The number of carbonyl (C=O) groups is 2. The van der Waals surface area contributed by atoms with Crippen molar-refractivity contribution < 1.29 is 28.9 Å².